The molecule has 4 aromatic carbocycles. The van der Waals surface area contributed by atoms with E-state index >= 15 is 0 Å². The zero-order valence-electron chi connectivity index (χ0n) is 33.3. The fourth-order valence-electron chi connectivity index (χ4n) is 7.39. The van der Waals surface area contributed by atoms with Gasteiger partial charge in [-0.3, -0.25) is 4.79 Å². The number of methoxy groups -OCH3 is 2. The van der Waals surface area contributed by atoms with Gasteiger partial charge in [-0.25, -0.2) is 0 Å². The maximum absolute atomic E-state index is 12.8. The Morgan fingerprint density at radius 3 is 1.93 bits per heavy atom. The molecule has 6 rings (SSSR count). The van der Waals surface area contributed by atoms with E-state index in [0.29, 0.717) is 76.2 Å². The summed E-state index contributed by atoms with van der Waals surface area (Å²) in [5.74, 6) is 2.38. The third-order valence-corrected chi connectivity index (χ3v) is 10.7. The van der Waals surface area contributed by atoms with Gasteiger partial charge in [0.05, 0.1) is 65.1 Å². The van der Waals surface area contributed by atoms with E-state index in [2.05, 4.69) is 15.8 Å². The largest absolute Gasteiger partial charge is 0.497 e. The van der Waals surface area contributed by atoms with Gasteiger partial charge in [0.15, 0.2) is 17.6 Å². The second-order valence-corrected chi connectivity index (χ2v) is 14.5. The van der Waals surface area contributed by atoms with Crippen LogP contribution < -0.4 is 29.6 Å². The number of carbonyl (C=O) groups is 1. The van der Waals surface area contributed by atoms with E-state index in [1.54, 1.807) is 32.4 Å². The van der Waals surface area contributed by atoms with Crippen LogP contribution in [0.3, 0.4) is 0 Å². The van der Waals surface area contributed by atoms with Crippen molar-refractivity contribution in [2.45, 2.75) is 96.5 Å². The topological polar surface area (TPSA) is 181 Å². The molecule has 0 fully saturated rings. The zero-order chi connectivity index (χ0) is 40.9. The van der Waals surface area contributed by atoms with Crippen LogP contribution in [0.1, 0.15) is 119 Å². The van der Waals surface area contributed by atoms with E-state index in [0.717, 1.165) is 73.7 Å². The number of nitrogens with zero attached hydrogens (tertiary/aromatic N) is 1. The summed E-state index contributed by atoms with van der Waals surface area (Å²) < 4.78 is 23.0. The highest BCUT2D eigenvalue weighted by molar-refractivity contribution is 6.02. The highest BCUT2D eigenvalue weighted by atomic mass is 16.6. The molecule has 2 aliphatic heterocycles. The lowest BCUT2D eigenvalue weighted by molar-refractivity contribution is 0.0854. The van der Waals surface area contributed by atoms with Crippen molar-refractivity contribution in [3.05, 3.63) is 111 Å². The third-order valence-electron chi connectivity index (χ3n) is 10.7. The van der Waals surface area contributed by atoms with Gasteiger partial charge >= 0.3 is 0 Å². The molecular formula is C45H55N3O10. The third kappa shape index (κ3) is 10.4. The average Bonchev–Trinajstić information content (AvgIpc) is 3.76. The van der Waals surface area contributed by atoms with Crippen molar-refractivity contribution in [2.75, 3.05) is 32.8 Å². The van der Waals surface area contributed by atoms with E-state index in [9.17, 15) is 25.2 Å². The lowest BCUT2D eigenvalue weighted by Gasteiger charge is -2.29. The van der Waals surface area contributed by atoms with E-state index < -0.39 is 6.17 Å². The van der Waals surface area contributed by atoms with Crippen LogP contribution in [0.2, 0.25) is 0 Å². The van der Waals surface area contributed by atoms with Crippen molar-refractivity contribution in [3.63, 3.8) is 0 Å². The van der Waals surface area contributed by atoms with Crippen LogP contribution in [-0.4, -0.2) is 59.5 Å². The van der Waals surface area contributed by atoms with Crippen molar-refractivity contribution >= 4 is 17.3 Å². The fraction of sp³-hybridized carbons (Fsp3) is 0.422. The van der Waals surface area contributed by atoms with Gasteiger partial charge < -0.3 is 54.8 Å². The van der Waals surface area contributed by atoms with Crippen molar-refractivity contribution < 1.29 is 49.0 Å². The molecule has 2 heterocycles. The molecule has 2 aliphatic rings. The van der Waals surface area contributed by atoms with Crippen molar-refractivity contribution in [2.24, 2.45) is 5.16 Å². The summed E-state index contributed by atoms with van der Waals surface area (Å²) >= 11 is 0. The number of hydrogen-bond donors (Lipinski definition) is 6. The Morgan fingerprint density at radius 2 is 1.29 bits per heavy atom. The summed E-state index contributed by atoms with van der Waals surface area (Å²) in [5, 5.41) is 50.0. The Bertz CT molecular complexity index is 2010. The predicted molar refractivity (Wildman–Crippen MR) is 219 cm³/mol. The molecule has 0 bridgehead atoms. The van der Waals surface area contributed by atoms with Gasteiger partial charge in [0.2, 0.25) is 0 Å². The lowest BCUT2D eigenvalue weighted by atomic mass is 9.94. The number of fused-ring (bicyclic) bond motifs is 1. The van der Waals surface area contributed by atoms with E-state index in [4.69, 9.17) is 23.8 Å². The molecule has 310 valence electrons. The molecule has 58 heavy (non-hydrogen) atoms. The van der Waals surface area contributed by atoms with E-state index in [-0.39, 0.29) is 38.4 Å². The summed E-state index contributed by atoms with van der Waals surface area (Å²) in [6, 6.07) is 20.3. The van der Waals surface area contributed by atoms with Crippen molar-refractivity contribution in [1.82, 2.24) is 5.32 Å². The lowest BCUT2D eigenvalue weighted by Crippen LogP contribution is -2.38. The van der Waals surface area contributed by atoms with Crippen LogP contribution in [0, 0.1) is 0 Å². The van der Waals surface area contributed by atoms with Crippen LogP contribution in [0.4, 0.5) is 5.69 Å². The quantitative estimate of drug-likeness (QED) is 0.0452. The Labute approximate surface area is 339 Å². The molecule has 13 heteroatoms. The summed E-state index contributed by atoms with van der Waals surface area (Å²) in [6.07, 6.45) is 8.30. The standard InChI is InChI=1S/C45H55N3O10/c1-54-35-13-14-38-36(23-35)45(53)47-44(46-38)30-12-15-40(34(19-30)27-51)56-17-9-7-5-3-4-6-8-10-18-57-43-22-29(11-16-41(43)55-2)42-24-39(48-58-42)31-20-32(25-49)37(28-52)33(21-31)26-50/h11-16,19-23,42,44,46,49-52H,3-10,17-18,24-28H2,1-2H3,(H,47,53). The van der Waals surface area contributed by atoms with Crippen LogP contribution in [-0.2, 0) is 31.3 Å². The Balaban J connectivity index is 0.860. The number of benzene rings is 4. The molecular weight excluding hydrogens is 743 g/mol. The minimum Gasteiger partial charge on any atom is -0.497 e. The van der Waals surface area contributed by atoms with Crippen LogP contribution in [0.25, 0.3) is 0 Å². The minimum absolute atomic E-state index is 0.167. The van der Waals surface area contributed by atoms with Gasteiger partial charge in [0, 0.05) is 23.2 Å². The zero-order valence-corrected chi connectivity index (χ0v) is 33.3. The van der Waals surface area contributed by atoms with Gasteiger partial charge in [-0.05, 0) is 95.3 Å². The maximum atomic E-state index is 12.8. The molecule has 1 amide bonds. The molecule has 0 spiro atoms. The first-order valence-electron chi connectivity index (χ1n) is 20.0. The number of anilines is 1. The number of aliphatic hydroxyl groups excluding tert-OH is 4. The smallest absolute Gasteiger partial charge is 0.255 e. The normalized spacial score (nSPS) is 15.8. The fourth-order valence-corrected chi connectivity index (χ4v) is 7.39. The number of nitrogens with one attached hydrogen (secondary N) is 2. The number of carbonyl (C=O) groups excluding carboxylic acids is 1. The summed E-state index contributed by atoms with van der Waals surface area (Å²) in [7, 11) is 3.19. The number of aliphatic hydroxyl groups is 4. The Morgan fingerprint density at radius 1 is 0.655 bits per heavy atom. The SMILES string of the molecule is COc1ccc2c(c1)C(=O)NC(c1ccc(OCCCCCCCCCCOc3cc(C4CC(c5cc(CO)c(CO)c(CO)c5)=NO4)ccc3OC)c(CO)c1)N2. The van der Waals surface area contributed by atoms with Gasteiger partial charge in [-0.1, -0.05) is 55.8 Å². The van der Waals surface area contributed by atoms with Crippen LogP contribution in [0.15, 0.2) is 71.9 Å². The van der Waals surface area contributed by atoms with Gasteiger partial charge in [0.1, 0.15) is 17.7 Å². The van der Waals surface area contributed by atoms with Gasteiger partial charge in [0.25, 0.3) is 5.91 Å². The summed E-state index contributed by atoms with van der Waals surface area (Å²) in [4.78, 5) is 18.6. The molecule has 2 atom stereocenters. The van der Waals surface area contributed by atoms with E-state index in [1.807, 2.05) is 48.5 Å². The first-order chi connectivity index (χ1) is 28.4. The predicted octanol–water partition coefficient (Wildman–Crippen LogP) is 6.97. The van der Waals surface area contributed by atoms with E-state index in [1.165, 1.54) is 0 Å². The highest BCUT2D eigenvalue weighted by Crippen LogP contribution is 2.37. The van der Waals surface area contributed by atoms with Gasteiger partial charge in [-0.15, -0.1) is 0 Å². The average molecular weight is 798 g/mol. The molecule has 6 N–H and O–H groups in total. The minimum atomic E-state index is -0.430. The molecule has 0 saturated carbocycles. The molecule has 4 aromatic rings. The maximum Gasteiger partial charge on any atom is 0.255 e. The summed E-state index contributed by atoms with van der Waals surface area (Å²) in [5.41, 5.74) is 6.72. The number of ether oxygens (including phenoxy) is 4. The first-order valence-corrected chi connectivity index (χ1v) is 20.0. The van der Waals surface area contributed by atoms with Gasteiger partial charge in [-0.2, -0.15) is 0 Å². The molecule has 13 nitrogen and oxygen atoms in total. The number of unbranched alkanes of at least 4 members (excludes halogenated alkanes) is 7. The summed E-state index contributed by atoms with van der Waals surface area (Å²) in [6.45, 7) is 0.192. The van der Waals surface area contributed by atoms with Crippen LogP contribution >= 0.6 is 0 Å². The Kier molecular flexibility index (Phi) is 15.2. The van der Waals surface area contributed by atoms with Crippen LogP contribution in [0.5, 0.6) is 23.0 Å². The number of oxime groups is 1. The van der Waals surface area contributed by atoms with Crippen molar-refractivity contribution in [1.29, 1.82) is 0 Å². The molecule has 0 aromatic heterocycles. The molecule has 0 saturated heterocycles. The first kappa shape index (κ1) is 42.3. The number of rotatable bonds is 22. The highest BCUT2D eigenvalue weighted by Gasteiger charge is 2.27. The second kappa shape index (κ2) is 20.9. The molecule has 2 unspecified atom stereocenters. The molecule has 0 radical (unpaired) electrons. The number of hydrogen-bond acceptors (Lipinski definition) is 12. The second-order valence-electron chi connectivity index (χ2n) is 14.5. The monoisotopic (exact) mass is 797 g/mol. The molecule has 0 aliphatic carbocycles. The Hall–Kier alpha value is -5.34. The number of amides is 1. The van der Waals surface area contributed by atoms with Crippen molar-refractivity contribution in [3.8, 4) is 23.0 Å².